The molecular formula is C12H13F2N3O. The van der Waals surface area contributed by atoms with Crippen molar-refractivity contribution < 1.29 is 13.5 Å². The highest BCUT2D eigenvalue weighted by Gasteiger charge is 2.15. The van der Waals surface area contributed by atoms with Crippen LogP contribution in [0.4, 0.5) is 14.6 Å². The molecule has 0 radical (unpaired) electrons. The van der Waals surface area contributed by atoms with Gasteiger partial charge in [0.15, 0.2) is 11.6 Å². The number of nitrogens with two attached hydrogens (primary N) is 1. The van der Waals surface area contributed by atoms with Crippen LogP contribution in [0.25, 0.3) is 11.3 Å². The topological polar surface area (TPSA) is 53.1 Å². The van der Waals surface area contributed by atoms with Gasteiger partial charge in [-0.25, -0.2) is 8.78 Å². The number of hydrogen-bond acceptors (Lipinski definition) is 3. The lowest BCUT2D eigenvalue weighted by atomic mass is 10.1. The molecule has 0 amide bonds. The zero-order valence-electron chi connectivity index (χ0n) is 10.1. The van der Waals surface area contributed by atoms with Crippen LogP contribution in [0.3, 0.4) is 0 Å². The van der Waals surface area contributed by atoms with Gasteiger partial charge in [-0.1, -0.05) is 0 Å². The average Bonchev–Trinajstić information content (AvgIpc) is 2.64. The number of aromatic nitrogens is 2. The molecule has 0 saturated heterocycles. The molecule has 0 spiro atoms. The van der Waals surface area contributed by atoms with E-state index in [4.69, 9.17) is 10.5 Å². The summed E-state index contributed by atoms with van der Waals surface area (Å²) in [6, 6.07) is 4.10. The van der Waals surface area contributed by atoms with Crippen molar-refractivity contribution in [3.63, 3.8) is 0 Å². The second kappa shape index (κ2) is 4.73. The monoisotopic (exact) mass is 253 g/mol. The fraction of sp³-hybridized carbons (Fsp3) is 0.250. The molecule has 0 unspecified atom stereocenters. The van der Waals surface area contributed by atoms with Gasteiger partial charge in [0, 0.05) is 25.8 Å². The van der Waals surface area contributed by atoms with Gasteiger partial charge < -0.3 is 10.5 Å². The van der Waals surface area contributed by atoms with Gasteiger partial charge >= 0.3 is 0 Å². The lowest BCUT2D eigenvalue weighted by molar-refractivity contribution is 0.184. The molecule has 2 aromatic rings. The van der Waals surface area contributed by atoms with Crippen LogP contribution in [-0.2, 0) is 18.4 Å². The summed E-state index contributed by atoms with van der Waals surface area (Å²) < 4.78 is 33.5. The Labute approximate surface area is 103 Å². The van der Waals surface area contributed by atoms with Crippen molar-refractivity contribution in [1.82, 2.24) is 9.78 Å². The van der Waals surface area contributed by atoms with E-state index in [1.807, 2.05) is 0 Å². The maximum atomic E-state index is 13.7. The van der Waals surface area contributed by atoms with Gasteiger partial charge in [-0.3, -0.25) is 4.68 Å². The predicted molar refractivity (Wildman–Crippen MR) is 63.7 cm³/mol. The molecule has 2 rings (SSSR count). The lowest BCUT2D eigenvalue weighted by Gasteiger charge is -2.05. The summed E-state index contributed by atoms with van der Waals surface area (Å²) in [5.41, 5.74) is 6.53. The molecule has 96 valence electrons. The first-order valence-corrected chi connectivity index (χ1v) is 5.29. The van der Waals surface area contributed by atoms with Gasteiger partial charge in [0.1, 0.15) is 5.82 Å². The van der Waals surface area contributed by atoms with E-state index in [9.17, 15) is 8.78 Å². The van der Waals surface area contributed by atoms with E-state index in [0.29, 0.717) is 17.1 Å². The highest BCUT2D eigenvalue weighted by atomic mass is 19.2. The molecule has 0 aliphatic rings. The Kier molecular flexibility index (Phi) is 3.29. The molecule has 1 aromatic carbocycles. The van der Waals surface area contributed by atoms with Crippen molar-refractivity contribution in [3.05, 3.63) is 35.4 Å². The number of anilines is 1. The van der Waals surface area contributed by atoms with Gasteiger partial charge in [0.05, 0.1) is 12.3 Å². The highest BCUT2D eigenvalue weighted by Crippen LogP contribution is 2.26. The highest BCUT2D eigenvalue weighted by molar-refractivity contribution is 5.64. The number of benzene rings is 1. The third-order valence-corrected chi connectivity index (χ3v) is 2.59. The summed E-state index contributed by atoms with van der Waals surface area (Å²) in [6.07, 6.45) is 0. The van der Waals surface area contributed by atoms with Crippen LogP contribution in [0.15, 0.2) is 18.2 Å². The van der Waals surface area contributed by atoms with Gasteiger partial charge in [-0.2, -0.15) is 5.10 Å². The Balaban J connectivity index is 2.55. The van der Waals surface area contributed by atoms with Crippen LogP contribution >= 0.6 is 0 Å². The molecule has 18 heavy (non-hydrogen) atoms. The second-order valence-corrected chi connectivity index (χ2v) is 3.95. The third-order valence-electron chi connectivity index (χ3n) is 2.59. The normalized spacial score (nSPS) is 10.9. The van der Waals surface area contributed by atoms with Crippen LogP contribution in [0.2, 0.25) is 0 Å². The van der Waals surface area contributed by atoms with E-state index >= 15 is 0 Å². The van der Waals surface area contributed by atoms with Crippen LogP contribution in [-0.4, -0.2) is 16.9 Å². The fourth-order valence-electron chi connectivity index (χ4n) is 1.69. The van der Waals surface area contributed by atoms with Crippen molar-refractivity contribution in [1.29, 1.82) is 0 Å². The summed E-state index contributed by atoms with van der Waals surface area (Å²) in [5.74, 6) is -1.49. The number of halogens is 2. The van der Waals surface area contributed by atoms with Crippen molar-refractivity contribution in [2.75, 3.05) is 12.8 Å². The number of nitrogens with zero attached hydrogens (tertiary/aromatic N) is 2. The first-order chi connectivity index (χ1) is 8.52. The summed E-state index contributed by atoms with van der Waals surface area (Å²) in [4.78, 5) is 0. The molecule has 1 aromatic heterocycles. The van der Waals surface area contributed by atoms with Crippen molar-refractivity contribution in [2.45, 2.75) is 6.61 Å². The van der Waals surface area contributed by atoms with Crippen LogP contribution in [0, 0.1) is 11.6 Å². The number of nitrogen functional groups attached to an aromatic ring is 1. The maximum Gasteiger partial charge on any atom is 0.168 e. The number of hydrogen-bond donors (Lipinski definition) is 1. The average molecular weight is 253 g/mol. The summed E-state index contributed by atoms with van der Waals surface area (Å²) in [7, 11) is 3.12. The number of aryl methyl sites for hydroxylation is 1. The largest absolute Gasteiger partial charge is 0.384 e. The first-order valence-electron chi connectivity index (χ1n) is 5.29. The van der Waals surface area contributed by atoms with Crippen molar-refractivity contribution in [3.8, 4) is 11.3 Å². The molecule has 4 nitrogen and oxygen atoms in total. The van der Waals surface area contributed by atoms with E-state index < -0.39 is 11.6 Å². The molecule has 0 aliphatic heterocycles. The molecule has 0 atom stereocenters. The summed E-state index contributed by atoms with van der Waals surface area (Å²) >= 11 is 0. The minimum absolute atomic E-state index is 0.0781. The van der Waals surface area contributed by atoms with Crippen molar-refractivity contribution in [2.24, 2.45) is 7.05 Å². The van der Waals surface area contributed by atoms with Crippen LogP contribution < -0.4 is 5.73 Å². The predicted octanol–water partition coefficient (Wildman–Crippen LogP) is 2.09. The molecule has 1 heterocycles. The zero-order valence-corrected chi connectivity index (χ0v) is 10.1. The summed E-state index contributed by atoms with van der Waals surface area (Å²) in [6.45, 7) is 0.201. The molecule has 0 saturated carbocycles. The standard InChI is InChI=1S/C12H13F2N3O/c1-17-11(15)5-10(16-17)8-3-7(6-18-2)4-9(13)12(8)14/h3-5H,6,15H2,1-2H3. The number of ether oxygens (including phenoxy) is 1. The van der Waals surface area contributed by atoms with Gasteiger partial charge in [0.25, 0.3) is 0 Å². The van der Waals surface area contributed by atoms with E-state index in [2.05, 4.69) is 5.10 Å². The first kappa shape index (κ1) is 12.5. The van der Waals surface area contributed by atoms with E-state index in [0.717, 1.165) is 6.07 Å². The Morgan fingerprint density at radius 2 is 2.06 bits per heavy atom. The van der Waals surface area contributed by atoms with Gasteiger partial charge in [-0.05, 0) is 17.7 Å². The van der Waals surface area contributed by atoms with E-state index in [-0.39, 0.29) is 12.2 Å². The smallest absolute Gasteiger partial charge is 0.168 e. The molecule has 0 fully saturated rings. The van der Waals surface area contributed by atoms with E-state index in [1.165, 1.54) is 23.9 Å². The van der Waals surface area contributed by atoms with Crippen molar-refractivity contribution >= 4 is 5.82 Å². The minimum atomic E-state index is -0.937. The third kappa shape index (κ3) is 2.19. The maximum absolute atomic E-state index is 13.7. The van der Waals surface area contributed by atoms with Gasteiger partial charge in [0.2, 0.25) is 0 Å². The molecule has 6 heteroatoms. The molecule has 0 bridgehead atoms. The molecule has 0 aliphatic carbocycles. The minimum Gasteiger partial charge on any atom is -0.384 e. The fourth-order valence-corrected chi connectivity index (χ4v) is 1.69. The molecule has 2 N–H and O–H groups in total. The SMILES string of the molecule is COCc1cc(F)c(F)c(-c2cc(N)n(C)n2)c1. The Hall–Kier alpha value is -1.95. The zero-order chi connectivity index (χ0) is 13.3. The number of rotatable bonds is 3. The van der Waals surface area contributed by atoms with Crippen LogP contribution in [0.5, 0.6) is 0 Å². The number of methoxy groups -OCH3 is 1. The quantitative estimate of drug-likeness (QED) is 0.911. The van der Waals surface area contributed by atoms with Gasteiger partial charge in [-0.15, -0.1) is 0 Å². The molecular weight excluding hydrogens is 240 g/mol. The van der Waals surface area contributed by atoms with E-state index in [1.54, 1.807) is 7.05 Å². The Bertz CT molecular complexity index is 561. The van der Waals surface area contributed by atoms with Crippen LogP contribution in [0.1, 0.15) is 5.56 Å². The summed E-state index contributed by atoms with van der Waals surface area (Å²) in [5, 5.41) is 4.03. The Morgan fingerprint density at radius 1 is 1.33 bits per heavy atom. The second-order valence-electron chi connectivity index (χ2n) is 3.95. The lowest BCUT2D eigenvalue weighted by Crippen LogP contribution is -1.98. The Morgan fingerprint density at radius 3 is 2.61 bits per heavy atom.